The Balaban J connectivity index is 1.37. The van der Waals surface area contributed by atoms with Gasteiger partial charge in [-0.1, -0.05) is 28.6 Å². The Morgan fingerprint density at radius 2 is 1.86 bits per heavy atom. The Labute approximate surface area is 253 Å². The molecule has 0 aliphatic carbocycles. The molecule has 0 unspecified atom stereocenters. The molecule has 0 spiro atoms. The number of benzene rings is 1. The number of likely N-dealkylation sites (N-methyl/N-ethyl adjacent to an activating group) is 2. The van der Waals surface area contributed by atoms with E-state index in [2.05, 4.69) is 35.2 Å². The number of carbonyl (C=O) groups is 1. The van der Waals surface area contributed by atoms with E-state index in [4.69, 9.17) is 14.6 Å². The van der Waals surface area contributed by atoms with Gasteiger partial charge in [0, 0.05) is 44.7 Å². The minimum absolute atomic E-state index is 0.0685. The van der Waals surface area contributed by atoms with E-state index in [9.17, 15) is 13.2 Å². The summed E-state index contributed by atoms with van der Waals surface area (Å²) in [6, 6.07) is 11.4. The second-order valence-electron chi connectivity index (χ2n) is 10.1. The van der Waals surface area contributed by atoms with Crippen LogP contribution in [0.25, 0.3) is 10.3 Å². The fraction of sp³-hybridized carbons (Fsp3) is 0.357. The van der Waals surface area contributed by atoms with Crippen molar-refractivity contribution in [2.45, 2.75) is 23.2 Å². The van der Waals surface area contributed by atoms with Crippen LogP contribution in [0.15, 0.2) is 64.9 Å². The highest BCUT2D eigenvalue weighted by atomic mass is 32.2. The zero-order chi connectivity index (χ0) is 30.4. The van der Waals surface area contributed by atoms with Crippen LogP contribution >= 0.6 is 11.3 Å². The molecule has 5 rings (SSSR count). The predicted molar refractivity (Wildman–Crippen MR) is 164 cm³/mol. The van der Waals surface area contributed by atoms with Crippen molar-refractivity contribution in [1.29, 1.82) is 0 Å². The first-order valence-corrected chi connectivity index (χ1v) is 15.9. The number of aromatic nitrogens is 4. The highest BCUT2D eigenvalue weighted by Crippen LogP contribution is 2.27. The van der Waals surface area contributed by atoms with Crippen LogP contribution < -0.4 is 10.2 Å². The fourth-order valence-corrected chi connectivity index (χ4v) is 6.64. The smallest absolute Gasteiger partial charge is 0.280 e. The van der Waals surface area contributed by atoms with Crippen LogP contribution in [0.2, 0.25) is 0 Å². The highest BCUT2D eigenvalue weighted by molar-refractivity contribution is 7.92. The van der Waals surface area contributed by atoms with E-state index >= 15 is 0 Å². The lowest BCUT2D eigenvalue weighted by atomic mass is 10.1. The van der Waals surface area contributed by atoms with E-state index < -0.39 is 21.0 Å². The Morgan fingerprint density at radius 3 is 2.56 bits per heavy atom. The first-order valence-electron chi connectivity index (χ1n) is 13.5. The summed E-state index contributed by atoms with van der Waals surface area (Å²) in [4.78, 5) is 41.3. The van der Waals surface area contributed by atoms with Gasteiger partial charge in [-0.2, -0.15) is 0 Å². The number of amides is 1. The molecule has 43 heavy (non-hydrogen) atoms. The van der Waals surface area contributed by atoms with Gasteiger partial charge in [-0.15, -0.1) is 0 Å². The zero-order valence-corrected chi connectivity index (χ0v) is 25.6. The molecule has 1 aromatic carbocycles. The van der Waals surface area contributed by atoms with E-state index in [1.165, 1.54) is 35.6 Å². The van der Waals surface area contributed by atoms with Gasteiger partial charge in [-0.25, -0.2) is 28.4 Å². The van der Waals surface area contributed by atoms with Gasteiger partial charge in [0.05, 0.1) is 16.8 Å². The van der Waals surface area contributed by atoms with Crippen molar-refractivity contribution in [3.05, 3.63) is 66.2 Å². The minimum Gasteiger partial charge on any atom is -0.387 e. The van der Waals surface area contributed by atoms with Gasteiger partial charge in [0.1, 0.15) is 16.2 Å². The maximum absolute atomic E-state index is 13.5. The molecule has 15 heteroatoms. The molecule has 0 saturated carbocycles. The summed E-state index contributed by atoms with van der Waals surface area (Å²) in [6.07, 6.45) is 3.59. The van der Waals surface area contributed by atoms with E-state index in [0.717, 1.165) is 18.9 Å². The van der Waals surface area contributed by atoms with Crippen molar-refractivity contribution in [1.82, 2.24) is 24.8 Å². The fourth-order valence-electron chi connectivity index (χ4n) is 4.23. The van der Waals surface area contributed by atoms with Crippen LogP contribution in [0.5, 0.6) is 0 Å². The van der Waals surface area contributed by atoms with Crippen molar-refractivity contribution in [3.8, 4) is 0 Å². The molecule has 1 amide bonds. The Morgan fingerprint density at radius 1 is 1.09 bits per heavy atom. The van der Waals surface area contributed by atoms with Crippen LogP contribution in [-0.2, 0) is 30.8 Å². The summed E-state index contributed by atoms with van der Waals surface area (Å²) in [7, 11) is 2.44. The Bertz CT molecular complexity index is 1690. The summed E-state index contributed by atoms with van der Waals surface area (Å²) in [5.74, 6) is 0.597. The van der Waals surface area contributed by atoms with E-state index in [1.54, 1.807) is 18.5 Å². The lowest BCUT2D eigenvalue weighted by Crippen LogP contribution is -2.28. The molecule has 1 aliphatic heterocycles. The summed E-state index contributed by atoms with van der Waals surface area (Å²) in [5, 5.41) is 6.62. The van der Waals surface area contributed by atoms with Crippen LogP contribution in [0, 0.1) is 0 Å². The molecule has 1 N–H and O–H groups in total. The highest BCUT2D eigenvalue weighted by Gasteiger charge is 2.31. The van der Waals surface area contributed by atoms with E-state index in [-0.39, 0.29) is 23.8 Å². The van der Waals surface area contributed by atoms with Gasteiger partial charge in [0.15, 0.2) is 33.1 Å². The van der Waals surface area contributed by atoms with Crippen molar-refractivity contribution in [2.75, 3.05) is 57.7 Å². The maximum Gasteiger partial charge on any atom is 0.280 e. The van der Waals surface area contributed by atoms with Crippen molar-refractivity contribution in [3.63, 3.8) is 0 Å². The molecule has 1 saturated heterocycles. The number of nitrogens with zero attached hydrogens (tertiary/aromatic N) is 7. The number of sulfone groups is 1. The van der Waals surface area contributed by atoms with Crippen molar-refractivity contribution in [2.24, 2.45) is 5.16 Å². The third kappa shape index (κ3) is 7.48. The summed E-state index contributed by atoms with van der Waals surface area (Å²) < 4.78 is 31.2. The first kappa shape index (κ1) is 30.4. The number of thiazole rings is 1. The monoisotopic (exact) mass is 624 g/mol. The summed E-state index contributed by atoms with van der Waals surface area (Å²) >= 11 is 1.24. The number of pyridine rings is 1. The number of oxime groups is 1. The number of fused-ring (bicyclic) bond motifs is 1. The second-order valence-corrected chi connectivity index (χ2v) is 13.3. The third-order valence-corrected chi connectivity index (χ3v) is 9.76. The number of nitrogens with one attached hydrogen (secondary N) is 1. The van der Waals surface area contributed by atoms with Crippen molar-refractivity contribution >= 4 is 54.1 Å². The lowest BCUT2D eigenvalue weighted by Gasteiger charge is -2.20. The molecule has 0 radical (unpaired) electrons. The molecular weight excluding hydrogens is 592 g/mol. The van der Waals surface area contributed by atoms with Gasteiger partial charge in [0.25, 0.3) is 5.91 Å². The normalized spacial score (nSPS) is 15.6. The van der Waals surface area contributed by atoms with Crippen LogP contribution in [0.4, 0.5) is 10.9 Å². The quantitative estimate of drug-likeness (QED) is 0.183. The lowest BCUT2D eigenvalue weighted by molar-refractivity contribution is -0.110. The van der Waals surface area contributed by atoms with E-state index in [0.29, 0.717) is 39.9 Å². The SMILES string of the molecule is CN(C)CCN(C)c1ccc2nc(NC(=O)/C(=N/OCc3ncccn3)c3ccc(S(=O)(=O)[C@H]4CCOC4)cc3)sc2n1. The first-order chi connectivity index (χ1) is 20.7. The number of anilines is 2. The molecule has 13 nitrogen and oxygen atoms in total. The van der Waals surface area contributed by atoms with Crippen LogP contribution in [-0.4, -0.2) is 97.6 Å². The third-order valence-electron chi connectivity index (χ3n) is 6.70. The molecule has 1 aliphatic rings. The molecule has 4 aromatic rings. The number of ether oxygens (including phenoxy) is 1. The van der Waals surface area contributed by atoms with Crippen LogP contribution in [0.1, 0.15) is 17.8 Å². The van der Waals surface area contributed by atoms with Crippen LogP contribution in [0.3, 0.4) is 0 Å². The van der Waals surface area contributed by atoms with Gasteiger partial charge >= 0.3 is 0 Å². The van der Waals surface area contributed by atoms with Gasteiger partial charge < -0.3 is 19.4 Å². The van der Waals surface area contributed by atoms with Crippen molar-refractivity contribution < 1.29 is 22.8 Å². The topological polar surface area (TPSA) is 152 Å². The standard InChI is InChI=1S/C28H32N8O5S2/c1-35(2)14-15-36(3)24-10-9-22-27(32-24)42-28(31-22)33-26(37)25(34-41-18-23-29-12-4-13-30-23)19-5-7-20(8-6-19)43(38,39)21-11-16-40-17-21/h4-10,12-13,21H,11,14-18H2,1-3H3,(H,31,33,37)/b34-25+/t21-/m0/s1. The largest absolute Gasteiger partial charge is 0.387 e. The summed E-state index contributed by atoms with van der Waals surface area (Å²) in [5.41, 5.74) is 0.934. The molecule has 1 fully saturated rings. The van der Waals surface area contributed by atoms with E-state index in [1.807, 2.05) is 33.3 Å². The molecule has 1 atom stereocenters. The summed E-state index contributed by atoms with van der Waals surface area (Å²) in [6.45, 7) is 2.19. The maximum atomic E-state index is 13.5. The second kappa shape index (κ2) is 13.5. The number of carbonyl (C=O) groups excluding carboxylic acids is 1. The average molecular weight is 625 g/mol. The Hall–Kier alpha value is -4.05. The molecule has 226 valence electrons. The molecular formula is C28H32N8O5S2. The molecule has 3 aromatic heterocycles. The van der Waals surface area contributed by atoms with Gasteiger partial charge in [-0.05, 0) is 50.8 Å². The minimum atomic E-state index is -3.57. The van der Waals surface area contributed by atoms with Gasteiger partial charge in [-0.3, -0.25) is 10.1 Å². The number of hydrogen-bond acceptors (Lipinski definition) is 13. The predicted octanol–water partition coefficient (Wildman–Crippen LogP) is 2.60. The van der Waals surface area contributed by atoms with Gasteiger partial charge in [0.2, 0.25) is 0 Å². The zero-order valence-electron chi connectivity index (χ0n) is 24.0. The number of hydrogen-bond donors (Lipinski definition) is 1. The molecule has 0 bridgehead atoms. The number of rotatable bonds is 12. The molecule has 4 heterocycles. The Kier molecular flexibility index (Phi) is 9.55. The average Bonchev–Trinajstić information content (AvgIpc) is 3.69.